The second-order valence-electron chi connectivity index (χ2n) is 15.0. The maximum absolute atomic E-state index is 14.0. The Hall–Kier alpha value is -4.15. The molecule has 4 aromatic rings. The van der Waals surface area contributed by atoms with Crippen molar-refractivity contribution in [1.82, 2.24) is 30.8 Å². The van der Waals surface area contributed by atoms with Crippen LogP contribution in [-0.2, 0) is 17.8 Å². The minimum Gasteiger partial charge on any atom is -0.378 e. The number of hydrazine groups is 2. The predicted molar refractivity (Wildman–Crippen MR) is 203 cm³/mol. The Labute approximate surface area is 313 Å². The first-order valence-corrected chi connectivity index (χ1v) is 18.5. The molecule has 2 saturated heterocycles. The zero-order chi connectivity index (χ0) is 36.1. The Kier molecular flexibility index (Phi) is 9.40. The number of benzene rings is 3. The molecule has 4 N–H and O–H groups in total. The highest BCUT2D eigenvalue weighted by atomic mass is 35.5. The van der Waals surface area contributed by atoms with Crippen molar-refractivity contribution in [2.45, 2.75) is 70.4 Å². The Morgan fingerprint density at radius 3 is 2.52 bits per heavy atom. The largest absolute Gasteiger partial charge is 0.378 e. The number of pyridine rings is 1. The Balaban J connectivity index is 1.16. The van der Waals surface area contributed by atoms with E-state index in [9.17, 15) is 9.65 Å². The molecular formula is C39H42Cl2FN9O. The van der Waals surface area contributed by atoms with Crippen molar-refractivity contribution in [2.75, 3.05) is 36.9 Å². The Bertz CT molecular complexity index is 2090. The number of nitriles is 1. The molecule has 0 radical (unpaired) electrons. The monoisotopic (exact) mass is 741 g/mol. The van der Waals surface area contributed by atoms with Crippen LogP contribution in [0.15, 0.2) is 66.6 Å². The van der Waals surface area contributed by atoms with Crippen LogP contribution in [0.1, 0.15) is 61.9 Å². The predicted octanol–water partition coefficient (Wildman–Crippen LogP) is 7.59. The second-order valence-corrected chi connectivity index (χ2v) is 15.9. The summed E-state index contributed by atoms with van der Waals surface area (Å²) in [5, 5.41) is 20.5. The lowest BCUT2D eigenvalue weighted by atomic mass is 9.95. The van der Waals surface area contributed by atoms with Gasteiger partial charge in [-0.25, -0.2) is 4.39 Å². The quantitative estimate of drug-likeness (QED) is 0.144. The number of ether oxygens (including phenoxy) is 1. The van der Waals surface area contributed by atoms with Gasteiger partial charge in [0.2, 0.25) is 0 Å². The summed E-state index contributed by atoms with van der Waals surface area (Å²) < 4.78 is 19.6. The summed E-state index contributed by atoms with van der Waals surface area (Å²) in [5.74, 6) is -0.525. The first-order valence-electron chi connectivity index (χ1n) is 17.8. The third-order valence-electron chi connectivity index (χ3n) is 10.8. The molecule has 0 unspecified atom stereocenters. The van der Waals surface area contributed by atoms with Gasteiger partial charge in [0.15, 0.2) is 0 Å². The first kappa shape index (κ1) is 34.9. The molecule has 10 nitrogen and oxygen atoms in total. The van der Waals surface area contributed by atoms with Crippen LogP contribution in [-0.4, -0.2) is 63.7 Å². The van der Waals surface area contributed by atoms with E-state index in [-0.39, 0.29) is 16.6 Å². The fourth-order valence-electron chi connectivity index (χ4n) is 7.71. The minimum absolute atomic E-state index is 0.0244. The van der Waals surface area contributed by atoms with Crippen molar-refractivity contribution in [3.05, 3.63) is 105 Å². The van der Waals surface area contributed by atoms with Crippen LogP contribution in [0.3, 0.4) is 0 Å². The van der Waals surface area contributed by atoms with E-state index in [1.807, 2.05) is 12.1 Å². The minimum atomic E-state index is -0.525. The van der Waals surface area contributed by atoms with Gasteiger partial charge in [0, 0.05) is 66.9 Å². The molecule has 1 aromatic heterocycles. The molecule has 13 heteroatoms. The average molecular weight is 743 g/mol. The number of likely N-dealkylation sites (tertiary alicyclic amines) is 1. The van der Waals surface area contributed by atoms with Crippen molar-refractivity contribution < 1.29 is 9.13 Å². The molecule has 5 heterocycles. The van der Waals surface area contributed by atoms with E-state index in [0.717, 1.165) is 63.6 Å². The lowest BCUT2D eigenvalue weighted by Gasteiger charge is -2.42. The van der Waals surface area contributed by atoms with E-state index < -0.39 is 5.82 Å². The zero-order valence-corrected chi connectivity index (χ0v) is 31.0. The van der Waals surface area contributed by atoms with Gasteiger partial charge in [0.05, 0.1) is 57.8 Å². The lowest BCUT2D eigenvalue weighted by Crippen LogP contribution is -2.52. The molecule has 52 heavy (non-hydrogen) atoms. The molecule has 8 rings (SSSR count). The van der Waals surface area contributed by atoms with E-state index in [1.54, 1.807) is 6.07 Å². The molecule has 0 spiro atoms. The van der Waals surface area contributed by atoms with Gasteiger partial charge >= 0.3 is 0 Å². The summed E-state index contributed by atoms with van der Waals surface area (Å²) in [4.78, 5) is 9.60. The normalized spacial score (nSPS) is 19.2. The summed E-state index contributed by atoms with van der Waals surface area (Å²) in [6.45, 7) is 12.2. The van der Waals surface area contributed by atoms with Gasteiger partial charge in [0.1, 0.15) is 11.9 Å². The second kappa shape index (κ2) is 14.0. The van der Waals surface area contributed by atoms with Crippen molar-refractivity contribution >= 4 is 51.2 Å². The lowest BCUT2D eigenvalue weighted by molar-refractivity contribution is -0.0670. The highest BCUT2D eigenvalue weighted by Crippen LogP contribution is 2.40. The molecule has 4 aliphatic heterocycles. The van der Waals surface area contributed by atoms with Gasteiger partial charge < -0.3 is 20.8 Å². The summed E-state index contributed by atoms with van der Waals surface area (Å²) in [6.07, 6.45) is 5.79. The molecule has 1 atom stereocenters. The molecule has 0 amide bonds. The number of anilines is 3. The zero-order valence-electron chi connectivity index (χ0n) is 29.4. The van der Waals surface area contributed by atoms with Crippen LogP contribution in [0.2, 0.25) is 10.0 Å². The topological polar surface area (TPSA) is 104 Å². The van der Waals surface area contributed by atoms with Crippen LogP contribution in [0.25, 0.3) is 10.9 Å². The Morgan fingerprint density at radius 2 is 1.81 bits per heavy atom. The molecule has 3 aromatic carbocycles. The molecule has 2 fully saturated rings. The third-order valence-corrected chi connectivity index (χ3v) is 11.3. The number of halogens is 3. The number of hydrogen-bond donors (Lipinski definition) is 4. The summed E-state index contributed by atoms with van der Waals surface area (Å²) in [7, 11) is 0. The number of nitrogens with one attached hydrogen (secondary N) is 4. The van der Waals surface area contributed by atoms with Crippen molar-refractivity contribution in [3.8, 4) is 6.07 Å². The van der Waals surface area contributed by atoms with Crippen LogP contribution in [0, 0.1) is 17.1 Å². The van der Waals surface area contributed by atoms with Gasteiger partial charge in [0.25, 0.3) is 0 Å². The fraction of sp³-hybridized carbons (Fsp3) is 0.385. The van der Waals surface area contributed by atoms with Gasteiger partial charge in [-0.15, -0.1) is 5.53 Å². The Morgan fingerprint density at radius 1 is 1.02 bits per heavy atom. The molecular weight excluding hydrogens is 700 g/mol. The molecule has 0 aliphatic carbocycles. The van der Waals surface area contributed by atoms with E-state index >= 15 is 0 Å². The van der Waals surface area contributed by atoms with Gasteiger partial charge in [-0.1, -0.05) is 41.4 Å². The number of piperidine rings is 1. The fourth-order valence-corrected chi connectivity index (χ4v) is 8.16. The smallest absolute Gasteiger partial charge is 0.141 e. The summed E-state index contributed by atoms with van der Waals surface area (Å²) in [6, 6.07) is 17.5. The van der Waals surface area contributed by atoms with Crippen molar-refractivity contribution in [3.63, 3.8) is 0 Å². The number of hydrogen-bond acceptors (Lipinski definition) is 10. The number of nitrogens with zero attached hydrogens (tertiary/aromatic N) is 5. The number of rotatable bonds is 8. The number of aromatic nitrogens is 1. The van der Waals surface area contributed by atoms with Crippen LogP contribution in [0.4, 0.5) is 21.5 Å². The average Bonchev–Trinajstić information content (AvgIpc) is 3.76. The van der Waals surface area contributed by atoms with Crippen LogP contribution < -0.4 is 21.6 Å². The SMILES string of the molecule is CC(C)(C)N1CCC(N2C=C([C@@H](Nc3cc(Cl)c4ncc(C#N)c(Nc5ccc(F)c(Cl)c5)c4c3)c3cccc4c3CN(C3COC3)C4)NN2)CC1. The molecule has 270 valence electrons. The first-order chi connectivity index (χ1) is 25.1. The van der Waals surface area contributed by atoms with Gasteiger partial charge in [-0.3, -0.25) is 19.8 Å². The van der Waals surface area contributed by atoms with E-state index in [2.05, 4.69) is 92.6 Å². The standard InChI is InChI=1S/C39H42Cl2FN9O/c1-39(2,3)50-11-9-27(10-12-50)51-20-35(47-48-51)38(29-6-4-5-23-18-49(19-31(23)29)28-21-52-22-28)46-26-13-30-36(45-25-7-8-34(42)32(40)14-25)24(16-43)17-44-37(30)33(41)15-26/h4-8,13-15,17,20,27-28,38,46-48H,9-12,18-19,21-22H2,1-3H3,(H,44,45)/t38-/m0/s1. The third kappa shape index (κ3) is 6.75. The molecule has 0 saturated carbocycles. The maximum Gasteiger partial charge on any atom is 0.141 e. The number of fused-ring (bicyclic) bond motifs is 2. The maximum atomic E-state index is 14.0. The molecule has 0 bridgehead atoms. The van der Waals surface area contributed by atoms with E-state index in [4.69, 9.17) is 27.9 Å². The van der Waals surface area contributed by atoms with E-state index in [1.165, 1.54) is 35.0 Å². The summed E-state index contributed by atoms with van der Waals surface area (Å²) >= 11 is 13.1. The van der Waals surface area contributed by atoms with Gasteiger partial charge in [-0.05, 0) is 80.6 Å². The highest BCUT2D eigenvalue weighted by molar-refractivity contribution is 6.36. The highest BCUT2D eigenvalue weighted by Gasteiger charge is 2.36. The van der Waals surface area contributed by atoms with Gasteiger partial charge in [-0.2, -0.15) is 5.26 Å². The molecule has 4 aliphatic rings. The van der Waals surface area contributed by atoms with Crippen molar-refractivity contribution in [2.24, 2.45) is 0 Å². The van der Waals surface area contributed by atoms with Crippen molar-refractivity contribution in [1.29, 1.82) is 5.26 Å². The van der Waals surface area contributed by atoms with Crippen LogP contribution >= 0.6 is 23.2 Å². The van der Waals surface area contributed by atoms with E-state index in [0.29, 0.717) is 44.9 Å². The summed E-state index contributed by atoms with van der Waals surface area (Å²) in [5.41, 5.74) is 14.5. The van der Waals surface area contributed by atoms with Crippen LogP contribution in [0.5, 0.6) is 0 Å².